The summed E-state index contributed by atoms with van der Waals surface area (Å²) in [6.45, 7) is 3.63. The van der Waals surface area contributed by atoms with Crippen LogP contribution >= 0.6 is 11.8 Å². The van der Waals surface area contributed by atoms with E-state index in [1.54, 1.807) is 13.0 Å². The van der Waals surface area contributed by atoms with Crippen LogP contribution in [0.25, 0.3) is 0 Å². The monoisotopic (exact) mass is 418 g/mol. The summed E-state index contributed by atoms with van der Waals surface area (Å²) in [6, 6.07) is 12.1. The van der Waals surface area contributed by atoms with Crippen molar-refractivity contribution >= 4 is 44.8 Å². The van der Waals surface area contributed by atoms with E-state index >= 15 is 0 Å². The number of fused-ring (bicyclic) bond motifs is 1. The fourth-order valence-corrected chi connectivity index (χ4v) is 5.21. The number of hydrogen-bond donors (Lipinski definition) is 2. The zero-order valence-corrected chi connectivity index (χ0v) is 17.3. The maximum absolute atomic E-state index is 12.8. The molecule has 1 atom stereocenters. The Hall–Kier alpha value is -2.32. The highest BCUT2D eigenvalue weighted by atomic mass is 32.2. The molecule has 2 aromatic rings. The van der Waals surface area contributed by atoms with E-state index in [0.29, 0.717) is 17.1 Å². The summed E-state index contributed by atoms with van der Waals surface area (Å²) in [4.78, 5) is 24.9. The van der Waals surface area contributed by atoms with Gasteiger partial charge in [-0.05, 0) is 42.3 Å². The van der Waals surface area contributed by atoms with E-state index < -0.39 is 15.8 Å². The fourth-order valence-electron chi connectivity index (χ4n) is 2.85. The van der Waals surface area contributed by atoms with Crippen LogP contribution in [0.5, 0.6) is 0 Å². The number of nitrogens with one attached hydrogen (secondary N) is 2. The van der Waals surface area contributed by atoms with Crippen LogP contribution in [0.1, 0.15) is 19.4 Å². The molecule has 3 rings (SSSR count). The van der Waals surface area contributed by atoms with Crippen molar-refractivity contribution in [2.75, 3.05) is 22.1 Å². The number of hydrogen-bond acceptors (Lipinski definition) is 5. The van der Waals surface area contributed by atoms with Gasteiger partial charge in [-0.1, -0.05) is 26.0 Å². The number of thioether (sulfide) groups is 1. The largest absolute Gasteiger partial charge is 0.326 e. The standard InChI is InChI=1S/C20H22N2O4S2/c1-3-14-4-6-15(7-5-14)21-20(24)13(2)12-28(25,26)16-8-9-18-17(10-16)22-19(23)11-27-18/h4-10,13H,3,11-12H2,1-2H3,(H,21,24)(H,22,23)/t13-/m0/s1. The second kappa shape index (κ2) is 8.36. The lowest BCUT2D eigenvalue weighted by Gasteiger charge is -2.18. The Kier molecular flexibility index (Phi) is 6.10. The van der Waals surface area contributed by atoms with Gasteiger partial charge in [0.25, 0.3) is 0 Å². The average Bonchev–Trinajstić information content (AvgIpc) is 2.67. The molecule has 28 heavy (non-hydrogen) atoms. The first-order valence-electron chi connectivity index (χ1n) is 8.98. The van der Waals surface area contributed by atoms with Gasteiger partial charge in [-0.15, -0.1) is 11.8 Å². The summed E-state index contributed by atoms with van der Waals surface area (Å²) in [5, 5.41) is 5.45. The van der Waals surface area contributed by atoms with E-state index in [2.05, 4.69) is 10.6 Å². The maximum atomic E-state index is 12.8. The minimum atomic E-state index is -3.68. The molecule has 1 heterocycles. The van der Waals surface area contributed by atoms with E-state index in [-0.39, 0.29) is 22.5 Å². The molecule has 1 aliphatic heterocycles. The number of carbonyl (C=O) groups is 2. The number of carbonyl (C=O) groups excluding carboxylic acids is 2. The highest BCUT2D eigenvalue weighted by molar-refractivity contribution is 8.00. The van der Waals surface area contributed by atoms with Crippen LogP contribution < -0.4 is 10.6 Å². The van der Waals surface area contributed by atoms with Crippen molar-refractivity contribution in [3.63, 3.8) is 0 Å². The Morgan fingerprint density at radius 3 is 2.61 bits per heavy atom. The molecular formula is C20H22N2O4S2. The lowest BCUT2D eigenvalue weighted by molar-refractivity contribution is -0.118. The van der Waals surface area contributed by atoms with Crippen molar-refractivity contribution in [2.45, 2.75) is 30.1 Å². The predicted octanol–water partition coefficient (Wildman–Crippen LogP) is 3.34. The van der Waals surface area contributed by atoms with Crippen molar-refractivity contribution in [1.29, 1.82) is 0 Å². The van der Waals surface area contributed by atoms with Crippen LogP contribution in [0.3, 0.4) is 0 Å². The second-order valence-corrected chi connectivity index (χ2v) is 9.77. The first-order valence-corrected chi connectivity index (χ1v) is 11.6. The van der Waals surface area contributed by atoms with Crippen LogP contribution in [0.2, 0.25) is 0 Å². The lowest BCUT2D eigenvalue weighted by Crippen LogP contribution is -2.27. The van der Waals surface area contributed by atoms with E-state index in [1.165, 1.54) is 23.9 Å². The molecular weight excluding hydrogens is 396 g/mol. The number of aryl methyl sites for hydroxylation is 1. The molecule has 6 nitrogen and oxygen atoms in total. The van der Waals surface area contributed by atoms with E-state index in [4.69, 9.17) is 0 Å². The molecule has 2 aromatic carbocycles. The van der Waals surface area contributed by atoms with Gasteiger partial charge in [-0.3, -0.25) is 9.59 Å². The number of sulfone groups is 1. The van der Waals surface area contributed by atoms with Gasteiger partial charge < -0.3 is 10.6 Å². The number of amides is 2. The molecule has 0 saturated carbocycles. The minimum absolute atomic E-state index is 0.0981. The van der Waals surface area contributed by atoms with E-state index in [0.717, 1.165) is 16.9 Å². The number of benzene rings is 2. The third-order valence-corrected chi connectivity index (χ3v) is 7.47. The van der Waals surface area contributed by atoms with Gasteiger partial charge >= 0.3 is 0 Å². The van der Waals surface area contributed by atoms with Crippen LogP contribution in [0.4, 0.5) is 11.4 Å². The van der Waals surface area contributed by atoms with Crippen molar-refractivity contribution in [1.82, 2.24) is 0 Å². The molecule has 0 bridgehead atoms. The number of rotatable bonds is 6. The average molecular weight is 419 g/mol. The van der Waals surface area contributed by atoms with Crippen molar-refractivity contribution in [3.8, 4) is 0 Å². The minimum Gasteiger partial charge on any atom is -0.326 e. The summed E-state index contributed by atoms with van der Waals surface area (Å²) >= 11 is 1.37. The molecule has 0 aromatic heterocycles. The van der Waals surface area contributed by atoms with Crippen molar-refractivity contribution in [2.24, 2.45) is 5.92 Å². The Bertz CT molecular complexity index is 1000. The third-order valence-electron chi connectivity index (χ3n) is 4.49. The van der Waals surface area contributed by atoms with Crippen LogP contribution in [0.15, 0.2) is 52.3 Å². The highest BCUT2D eigenvalue weighted by Crippen LogP contribution is 2.33. The van der Waals surface area contributed by atoms with Gasteiger partial charge in [0.1, 0.15) is 0 Å². The molecule has 8 heteroatoms. The fraction of sp³-hybridized carbons (Fsp3) is 0.300. The van der Waals surface area contributed by atoms with Gasteiger partial charge in [0.05, 0.1) is 22.1 Å². The Balaban J connectivity index is 1.69. The summed E-state index contributed by atoms with van der Waals surface area (Å²) < 4.78 is 25.5. The molecule has 0 saturated heterocycles. The van der Waals surface area contributed by atoms with Gasteiger partial charge in [-0.2, -0.15) is 0 Å². The first kappa shape index (κ1) is 20.4. The summed E-state index contributed by atoms with van der Waals surface area (Å²) in [5.74, 6) is -1.24. The van der Waals surface area contributed by atoms with Crippen LogP contribution in [0, 0.1) is 5.92 Å². The molecule has 0 unspecified atom stereocenters. The molecule has 1 aliphatic rings. The van der Waals surface area contributed by atoms with Crippen LogP contribution in [-0.4, -0.2) is 31.7 Å². The van der Waals surface area contributed by atoms with E-state index in [1.807, 2.05) is 31.2 Å². The highest BCUT2D eigenvalue weighted by Gasteiger charge is 2.25. The molecule has 0 spiro atoms. The molecule has 2 amide bonds. The first-order chi connectivity index (χ1) is 13.3. The zero-order valence-electron chi connectivity index (χ0n) is 15.7. The number of anilines is 2. The van der Waals surface area contributed by atoms with E-state index in [9.17, 15) is 18.0 Å². The maximum Gasteiger partial charge on any atom is 0.234 e. The van der Waals surface area contributed by atoms with Crippen molar-refractivity contribution < 1.29 is 18.0 Å². The molecule has 0 fully saturated rings. The zero-order chi connectivity index (χ0) is 20.3. The Morgan fingerprint density at radius 2 is 1.93 bits per heavy atom. The van der Waals surface area contributed by atoms with Crippen molar-refractivity contribution in [3.05, 3.63) is 48.0 Å². The van der Waals surface area contributed by atoms with Gasteiger partial charge in [0, 0.05) is 16.5 Å². The summed E-state index contributed by atoms with van der Waals surface area (Å²) in [7, 11) is -3.68. The second-order valence-electron chi connectivity index (χ2n) is 6.72. The van der Waals surface area contributed by atoms with Gasteiger partial charge in [-0.25, -0.2) is 8.42 Å². The molecule has 2 N–H and O–H groups in total. The summed E-state index contributed by atoms with van der Waals surface area (Å²) in [6.07, 6.45) is 0.905. The smallest absolute Gasteiger partial charge is 0.234 e. The third kappa shape index (κ3) is 4.74. The predicted molar refractivity (Wildman–Crippen MR) is 111 cm³/mol. The molecule has 0 aliphatic carbocycles. The quantitative estimate of drug-likeness (QED) is 0.751. The summed E-state index contributed by atoms with van der Waals surface area (Å²) in [5.41, 5.74) is 2.29. The Morgan fingerprint density at radius 1 is 1.21 bits per heavy atom. The van der Waals surface area contributed by atoms with Crippen LogP contribution in [-0.2, 0) is 25.8 Å². The topological polar surface area (TPSA) is 92.3 Å². The molecule has 148 valence electrons. The van der Waals surface area contributed by atoms with Gasteiger partial charge in [0.15, 0.2) is 9.84 Å². The Labute approximate surface area is 169 Å². The normalized spacial score (nSPS) is 14.7. The lowest BCUT2D eigenvalue weighted by atomic mass is 10.1. The SMILES string of the molecule is CCc1ccc(NC(=O)[C@@H](C)CS(=O)(=O)c2ccc3c(c2)NC(=O)CS3)cc1. The van der Waals surface area contributed by atoms with Gasteiger partial charge in [0.2, 0.25) is 11.8 Å². The molecule has 0 radical (unpaired) electrons.